The van der Waals surface area contributed by atoms with Crippen LogP contribution in [0.4, 0.5) is 0 Å². The Hall–Kier alpha value is -4.56. The Balaban J connectivity index is 1.17. The zero-order valence-corrected chi connectivity index (χ0v) is 23.1. The summed E-state index contributed by atoms with van der Waals surface area (Å²) in [6.07, 6.45) is 12.9. The van der Waals surface area contributed by atoms with Gasteiger partial charge in [-0.1, -0.05) is 24.3 Å². The fraction of sp³-hybridized carbons (Fsp3) is 0.212. The Morgan fingerprint density at radius 1 is 0.732 bits per heavy atom. The highest BCUT2D eigenvalue weighted by Crippen LogP contribution is 2.34. The lowest BCUT2D eigenvalue weighted by atomic mass is 10.1. The zero-order valence-electron chi connectivity index (χ0n) is 22.3. The number of benzene rings is 3. The van der Waals surface area contributed by atoms with Crippen molar-refractivity contribution in [1.82, 2.24) is 9.78 Å². The number of rotatable bonds is 7. The maximum absolute atomic E-state index is 6.04. The maximum Gasteiger partial charge on any atom is 0.231 e. The van der Waals surface area contributed by atoms with Gasteiger partial charge in [-0.3, -0.25) is 0 Å². The molecule has 1 aliphatic carbocycles. The quantitative estimate of drug-likeness (QED) is 0.218. The molecule has 7 rings (SSSR count). The normalized spacial score (nSPS) is 15.8. The molecule has 3 aromatic carbocycles. The lowest BCUT2D eigenvalue weighted by molar-refractivity contribution is 0.173. The van der Waals surface area contributed by atoms with E-state index in [9.17, 15) is 0 Å². The Kier molecular flexibility index (Phi) is 6.90. The number of aromatic nitrogens is 2. The van der Waals surface area contributed by atoms with Crippen LogP contribution >= 0.6 is 12.2 Å². The first-order chi connectivity index (χ1) is 20.2. The first-order valence-electron chi connectivity index (χ1n) is 13.7. The van der Waals surface area contributed by atoms with Gasteiger partial charge in [0, 0.05) is 5.56 Å². The minimum Gasteiger partial charge on any atom is -0.480 e. The van der Waals surface area contributed by atoms with Gasteiger partial charge >= 0.3 is 0 Å². The topological polar surface area (TPSA) is 64.0 Å². The van der Waals surface area contributed by atoms with Crippen LogP contribution in [0.15, 0.2) is 66.7 Å². The van der Waals surface area contributed by atoms with Crippen LogP contribution < -0.4 is 18.9 Å². The first-order valence-corrected chi connectivity index (χ1v) is 14.2. The molecule has 3 aliphatic rings. The van der Waals surface area contributed by atoms with Gasteiger partial charge in [0.05, 0.1) is 23.2 Å². The summed E-state index contributed by atoms with van der Waals surface area (Å²) in [5.41, 5.74) is 5.57. The van der Waals surface area contributed by atoms with Gasteiger partial charge in [-0.15, -0.1) is 0 Å². The summed E-state index contributed by atoms with van der Waals surface area (Å²) >= 11 is 5.59. The van der Waals surface area contributed by atoms with E-state index in [-0.39, 0.29) is 19.7 Å². The van der Waals surface area contributed by atoms with E-state index >= 15 is 0 Å². The van der Waals surface area contributed by atoms with Crippen LogP contribution in [0.2, 0.25) is 0 Å². The van der Waals surface area contributed by atoms with E-state index < -0.39 is 0 Å². The lowest BCUT2D eigenvalue weighted by Crippen LogP contribution is -2.13. The average Bonchev–Trinajstić information content (AvgIpc) is 3.82. The molecule has 3 heterocycles. The van der Waals surface area contributed by atoms with Crippen molar-refractivity contribution >= 4 is 41.6 Å². The van der Waals surface area contributed by atoms with E-state index in [0.29, 0.717) is 5.05 Å². The van der Waals surface area contributed by atoms with Crippen molar-refractivity contribution in [3.05, 3.63) is 94.8 Å². The van der Waals surface area contributed by atoms with Gasteiger partial charge in [-0.25, -0.2) is 4.68 Å². The highest BCUT2D eigenvalue weighted by atomic mass is 32.1. The first kappa shape index (κ1) is 25.4. The number of ether oxygens (including phenoxy) is 5. The molecule has 1 fully saturated rings. The Morgan fingerprint density at radius 2 is 1.34 bits per heavy atom. The molecule has 0 saturated heterocycles. The highest BCUT2D eigenvalue weighted by molar-refractivity contribution is 7.80. The smallest absolute Gasteiger partial charge is 0.231 e. The third-order valence-corrected chi connectivity index (χ3v) is 7.70. The highest BCUT2D eigenvalue weighted by Gasteiger charge is 2.19. The molecule has 41 heavy (non-hydrogen) atoms. The van der Waals surface area contributed by atoms with Crippen LogP contribution in [0, 0.1) is 0 Å². The summed E-state index contributed by atoms with van der Waals surface area (Å²) in [6, 6.07) is 21.9. The van der Waals surface area contributed by atoms with Crippen molar-refractivity contribution < 1.29 is 23.7 Å². The van der Waals surface area contributed by atoms with Gasteiger partial charge in [0.1, 0.15) is 0 Å². The molecule has 0 atom stereocenters. The average molecular weight is 565 g/mol. The molecule has 0 unspecified atom stereocenters. The van der Waals surface area contributed by atoms with Gasteiger partial charge in [-0.2, -0.15) is 5.10 Å². The Morgan fingerprint density at radius 3 is 2.00 bits per heavy atom. The van der Waals surface area contributed by atoms with Crippen molar-refractivity contribution in [2.45, 2.75) is 31.8 Å². The monoisotopic (exact) mass is 564 g/mol. The van der Waals surface area contributed by atoms with Gasteiger partial charge in [-0.05, 0) is 116 Å². The fourth-order valence-corrected chi connectivity index (χ4v) is 5.46. The fourth-order valence-electron chi connectivity index (χ4n) is 5.18. The molecule has 0 bridgehead atoms. The van der Waals surface area contributed by atoms with Crippen LogP contribution in [-0.2, 0) is 4.74 Å². The molecule has 7 nitrogen and oxygen atoms in total. The SMILES string of the molecule is S=C(OC1CCCC1)c1ccc(-n2nc(/C=C/c3ccc4c(c3)OCO4)cc2/C=C/c2ccc3c(c2)OCO3)cc1. The Labute approximate surface area is 243 Å². The molecule has 0 N–H and O–H groups in total. The van der Waals surface area contributed by atoms with Gasteiger partial charge in [0.2, 0.25) is 13.6 Å². The van der Waals surface area contributed by atoms with Gasteiger partial charge in [0.15, 0.2) is 28.0 Å². The molecular weight excluding hydrogens is 536 g/mol. The van der Waals surface area contributed by atoms with Crippen LogP contribution in [0.5, 0.6) is 23.0 Å². The standard InChI is InChI=1S/C33H28N2O5S/c41-33(40-28-3-1-2-4-28)24-9-13-26(14-10-24)35-27(12-6-23-8-16-30-32(18-23)39-21-37-30)19-25(34-35)11-5-22-7-15-29-31(17-22)38-20-36-29/h5-19,28H,1-4,20-21H2/b11-5+,12-6+. The number of nitrogens with zero attached hydrogens (tertiary/aromatic N) is 2. The minimum atomic E-state index is 0.236. The second kappa shape index (κ2) is 11.1. The van der Waals surface area contributed by atoms with Crippen LogP contribution in [-0.4, -0.2) is 34.5 Å². The van der Waals surface area contributed by atoms with E-state index in [4.69, 9.17) is 41.0 Å². The summed E-state index contributed by atoms with van der Waals surface area (Å²) in [5.74, 6) is 3.02. The minimum absolute atomic E-state index is 0.236. The molecule has 1 aromatic heterocycles. The molecule has 1 saturated carbocycles. The molecule has 2 aliphatic heterocycles. The van der Waals surface area contributed by atoms with Gasteiger partial charge < -0.3 is 23.7 Å². The third kappa shape index (κ3) is 5.56. The van der Waals surface area contributed by atoms with E-state index in [0.717, 1.165) is 69.6 Å². The van der Waals surface area contributed by atoms with Crippen molar-refractivity contribution in [3.63, 3.8) is 0 Å². The second-order valence-electron chi connectivity index (χ2n) is 10.2. The van der Waals surface area contributed by atoms with Crippen LogP contribution in [0.25, 0.3) is 30.0 Å². The molecule has 206 valence electrons. The molecule has 0 radical (unpaired) electrons. The number of hydrogen-bond donors (Lipinski definition) is 0. The summed E-state index contributed by atoms with van der Waals surface area (Å²) in [4.78, 5) is 0. The van der Waals surface area contributed by atoms with E-state index in [1.807, 2.05) is 89.6 Å². The van der Waals surface area contributed by atoms with E-state index in [2.05, 4.69) is 6.07 Å². The summed E-state index contributed by atoms with van der Waals surface area (Å²) in [5, 5.41) is 5.46. The van der Waals surface area contributed by atoms with Crippen molar-refractivity contribution in [2.24, 2.45) is 0 Å². The molecule has 0 spiro atoms. The second-order valence-corrected chi connectivity index (χ2v) is 10.5. The number of hydrogen-bond acceptors (Lipinski definition) is 7. The summed E-state index contributed by atoms with van der Waals surface area (Å²) < 4.78 is 29.9. The van der Waals surface area contributed by atoms with E-state index in [1.54, 1.807) is 0 Å². The predicted octanol–water partition coefficient (Wildman–Crippen LogP) is 7.31. The zero-order chi connectivity index (χ0) is 27.6. The summed E-state index contributed by atoms with van der Waals surface area (Å²) in [6.45, 7) is 0.502. The molecule has 4 aromatic rings. The maximum atomic E-state index is 6.04. The molecule has 8 heteroatoms. The van der Waals surface area contributed by atoms with Gasteiger partial charge in [0.25, 0.3) is 0 Å². The van der Waals surface area contributed by atoms with Crippen LogP contribution in [0.1, 0.15) is 53.8 Å². The van der Waals surface area contributed by atoms with E-state index in [1.165, 1.54) is 12.8 Å². The summed E-state index contributed by atoms with van der Waals surface area (Å²) in [7, 11) is 0. The largest absolute Gasteiger partial charge is 0.480 e. The van der Waals surface area contributed by atoms with Crippen molar-refractivity contribution in [2.75, 3.05) is 13.6 Å². The Bertz CT molecular complexity index is 1650. The number of thiocarbonyl (C=S) groups is 1. The molecule has 0 amide bonds. The lowest BCUT2D eigenvalue weighted by Gasteiger charge is -2.14. The third-order valence-electron chi connectivity index (χ3n) is 7.37. The number of fused-ring (bicyclic) bond motifs is 2. The molecular formula is C33H28N2O5S. The van der Waals surface area contributed by atoms with Crippen molar-refractivity contribution in [1.29, 1.82) is 0 Å². The predicted molar refractivity (Wildman–Crippen MR) is 162 cm³/mol. The van der Waals surface area contributed by atoms with Crippen molar-refractivity contribution in [3.8, 4) is 28.7 Å². The van der Waals surface area contributed by atoms with Crippen LogP contribution in [0.3, 0.4) is 0 Å².